The maximum absolute atomic E-state index is 12.0. The van der Waals surface area contributed by atoms with Gasteiger partial charge in [0.1, 0.15) is 0 Å². The van der Waals surface area contributed by atoms with Crippen molar-refractivity contribution in [2.45, 2.75) is 33.1 Å². The van der Waals surface area contributed by atoms with E-state index in [-0.39, 0.29) is 19.4 Å². The fraction of sp³-hybridized carbons (Fsp3) is 0.320. The molecule has 186 valence electrons. The highest BCUT2D eigenvalue weighted by atomic mass is 16.5. The molecule has 2 aromatic rings. The first-order chi connectivity index (χ1) is 16.8. The molecule has 0 heterocycles. The van der Waals surface area contributed by atoms with E-state index >= 15 is 0 Å². The molecule has 0 aliphatic heterocycles. The Morgan fingerprint density at radius 1 is 0.657 bits per heavy atom. The summed E-state index contributed by atoms with van der Waals surface area (Å²) < 4.78 is 14.8. The van der Waals surface area contributed by atoms with Crippen molar-refractivity contribution in [1.29, 1.82) is 0 Å². The molecule has 0 radical (unpaired) electrons. The predicted octanol–water partition coefficient (Wildman–Crippen LogP) is 3.33. The molecule has 0 aromatic heterocycles. The monoisotopic (exact) mass is 484 g/mol. The molecule has 10 heteroatoms. The number of hydrogen-bond donors (Lipinski definition) is 2. The topological polar surface area (TPSA) is 137 Å². The molecule has 0 saturated carbocycles. The zero-order valence-corrected chi connectivity index (χ0v) is 19.6. The van der Waals surface area contributed by atoms with E-state index in [0.717, 1.165) is 6.42 Å². The first kappa shape index (κ1) is 27.0. The standard InChI is InChI=1S/C25H28N2O8/c1-3-15-34-25(32)18-7-11-20(12-8-18)27-22(29)16-35-23(30)14-13-21(28)26-19-9-5-17(6-10-19)24(31)33-4-2/h5-12H,3-4,13-16H2,1-2H3,(H,26,28)(H,27,29). The Bertz CT molecular complexity index is 1030. The Morgan fingerprint density at radius 3 is 1.69 bits per heavy atom. The highest BCUT2D eigenvalue weighted by molar-refractivity contribution is 5.96. The molecule has 35 heavy (non-hydrogen) atoms. The summed E-state index contributed by atoms with van der Waals surface area (Å²) in [5.74, 6) is -2.60. The Kier molecular flexibility index (Phi) is 10.9. The summed E-state index contributed by atoms with van der Waals surface area (Å²) in [6.45, 7) is 3.67. The molecule has 0 bridgehead atoms. The van der Waals surface area contributed by atoms with Crippen LogP contribution in [0.25, 0.3) is 0 Å². The summed E-state index contributed by atoms with van der Waals surface area (Å²) >= 11 is 0. The van der Waals surface area contributed by atoms with Crippen LogP contribution in [0.5, 0.6) is 0 Å². The molecular weight excluding hydrogens is 456 g/mol. The van der Waals surface area contributed by atoms with Gasteiger partial charge in [-0.2, -0.15) is 0 Å². The lowest BCUT2D eigenvalue weighted by molar-refractivity contribution is -0.147. The summed E-state index contributed by atoms with van der Waals surface area (Å²) in [6, 6.07) is 12.2. The van der Waals surface area contributed by atoms with Gasteiger partial charge in [-0.05, 0) is 61.9 Å². The van der Waals surface area contributed by atoms with Crippen molar-refractivity contribution in [3.8, 4) is 0 Å². The Morgan fingerprint density at radius 2 is 1.17 bits per heavy atom. The molecule has 0 spiro atoms. The second kappa shape index (κ2) is 14.1. The average molecular weight is 485 g/mol. The number of hydrogen-bond acceptors (Lipinski definition) is 8. The van der Waals surface area contributed by atoms with Crippen molar-refractivity contribution in [3.63, 3.8) is 0 Å². The number of ether oxygens (including phenoxy) is 3. The van der Waals surface area contributed by atoms with E-state index < -0.39 is 36.3 Å². The van der Waals surface area contributed by atoms with Crippen LogP contribution in [0.15, 0.2) is 48.5 Å². The fourth-order valence-corrected chi connectivity index (χ4v) is 2.73. The van der Waals surface area contributed by atoms with Gasteiger partial charge < -0.3 is 24.8 Å². The van der Waals surface area contributed by atoms with E-state index in [0.29, 0.717) is 29.1 Å². The van der Waals surface area contributed by atoms with Gasteiger partial charge >= 0.3 is 17.9 Å². The molecule has 0 atom stereocenters. The van der Waals surface area contributed by atoms with E-state index in [1.54, 1.807) is 19.1 Å². The number of benzene rings is 2. The molecule has 2 rings (SSSR count). The SMILES string of the molecule is CCCOC(=O)c1ccc(NC(=O)COC(=O)CCC(=O)Nc2ccc(C(=O)OCC)cc2)cc1. The lowest BCUT2D eigenvalue weighted by Crippen LogP contribution is -2.21. The van der Waals surface area contributed by atoms with Gasteiger partial charge in [0.25, 0.3) is 5.91 Å². The third kappa shape index (κ3) is 9.66. The minimum absolute atomic E-state index is 0.143. The molecular formula is C25H28N2O8. The first-order valence-electron chi connectivity index (χ1n) is 11.1. The van der Waals surface area contributed by atoms with Crippen LogP contribution in [-0.4, -0.2) is 49.5 Å². The lowest BCUT2D eigenvalue weighted by atomic mass is 10.2. The smallest absolute Gasteiger partial charge is 0.338 e. The van der Waals surface area contributed by atoms with Gasteiger partial charge in [-0.1, -0.05) is 6.92 Å². The number of anilines is 2. The minimum atomic E-state index is -0.707. The lowest BCUT2D eigenvalue weighted by Gasteiger charge is -2.08. The molecule has 0 unspecified atom stereocenters. The van der Waals surface area contributed by atoms with Crippen molar-refractivity contribution >= 4 is 41.1 Å². The summed E-state index contributed by atoms with van der Waals surface area (Å²) in [5.41, 5.74) is 1.60. The van der Waals surface area contributed by atoms with Gasteiger partial charge in [-0.15, -0.1) is 0 Å². The zero-order valence-electron chi connectivity index (χ0n) is 19.6. The zero-order chi connectivity index (χ0) is 25.6. The highest BCUT2D eigenvalue weighted by Crippen LogP contribution is 2.12. The van der Waals surface area contributed by atoms with Gasteiger partial charge in [0.05, 0.1) is 30.8 Å². The number of rotatable bonds is 12. The van der Waals surface area contributed by atoms with Gasteiger partial charge in [0, 0.05) is 17.8 Å². The molecule has 2 amide bonds. The Hall–Kier alpha value is -4.21. The normalized spacial score (nSPS) is 10.1. The fourth-order valence-electron chi connectivity index (χ4n) is 2.73. The van der Waals surface area contributed by atoms with Crippen molar-refractivity contribution < 1.29 is 38.2 Å². The third-order valence-electron chi connectivity index (χ3n) is 4.44. The van der Waals surface area contributed by atoms with Crippen molar-refractivity contribution in [1.82, 2.24) is 0 Å². The van der Waals surface area contributed by atoms with Crippen LogP contribution in [0.3, 0.4) is 0 Å². The summed E-state index contributed by atoms with van der Waals surface area (Å²) in [4.78, 5) is 59.3. The first-order valence-corrected chi connectivity index (χ1v) is 11.1. The predicted molar refractivity (Wildman–Crippen MR) is 127 cm³/mol. The number of amides is 2. The van der Waals surface area contributed by atoms with Crippen LogP contribution >= 0.6 is 0 Å². The largest absolute Gasteiger partial charge is 0.462 e. The van der Waals surface area contributed by atoms with Crippen LogP contribution < -0.4 is 10.6 Å². The van der Waals surface area contributed by atoms with E-state index in [1.807, 2.05) is 6.92 Å². The van der Waals surface area contributed by atoms with Crippen molar-refractivity contribution in [2.24, 2.45) is 0 Å². The maximum atomic E-state index is 12.0. The summed E-state index contributed by atoms with van der Waals surface area (Å²) in [6.07, 6.45) is 0.361. The molecule has 0 aliphatic carbocycles. The minimum Gasteiger partial charge on any atom is -0.462 e. The van der Waals surface area contributed by atoms with Gasteiger partial charge in [-0.25, -0.2) is 9.59 Å². The number of nitrogens with one attached hydrogen (secondary N) is 2. The van der Waals surface area contributed by atoms with Crippen LogP contribution in [0.1, 0.15) is 53.8 Å². The van der Waals surface area contributed by atoms with Gasteiger partial charge in [0.15, 0.2) is 6.61 Å². The average Bonchev–Trinajstić information content (AvgIpc) is 2.85. The summed E-state index contributed by atoms with van der Waals surface area (Å²) in [7, 11) is 0. The number of carbonyl (C=O) groups excluding carboxylic acids is 5. The molecule has 0 saturated heterocycles. The van der Waals surface area contributed by atoms with Crippen molar-refractivity contribution in [2.75, 3.05) is 30.5 Å². The highest BCUT2D eigenvalue weighted by Gasteiger charge is 2.12. The van der Waals surface area contributed by atoms with E-state index in [2.05, 4.69) is 10.6 Å². The van der Waals surface area contributed by atoms with Crippen LogP contribution in [-0.2, 0) is 28.6 Å². The molecule has 10 nitrogen and oxygen atoms in total. The third-order valence-corrected chi connectivity index (χ3v) is 4.44. The number of carbonyl (C=O) groups is 5. The number of esters is 3. The molecule has 2 aromatic carbocycles. The molecule has 0 aliphatic rings. The second-order valence-corrected chi connectivity index (χ2v) is 7.27. The Labute approximate surface area is 202 Å². The van der Waals surface area contributed by atoms with Gasteiger partial charge in [-0.3, -0.25) is 14.4 Å². The van der Waals surface area contributed by atoms with Gasteiger partial charge in [0.2, 0.25) is 5.91 Å². The quantitative estimate of drug-likeness (QED) is 0.346. The maximum Gasteiger partial charge on any atom is 0.338 e. The van der Waals surface area contributed by atoms with Crippen LogP contribution in [0.2, 0.25) is 0 Å². The van der Waals surface area contributed by atoms with Crippen LogP contribution in [0.4, 0.5) is 11.4 Å². The summed E-state index contributed by atoms with van der Waals surface area (Å²) in [5, 5.41) is 5.15. The van der Waals surface area contributed by atoms with E-state index in [1.165, 1.54) is 36.4 Å². The van der Waals surface area contributed by atoms with E-state index in [4.69, 9.17) is 14.2 Å². The second-order valence-electron chi connectivity index (χ2n) is 7.27. The molecule has 2 N–H and O–H groups in total. The van der Waals surface area contributed by atoms with Crippen LogP contribution in [0, 0.1) is 0 Å². The Balaban J connectivity index is 1.69. The van der Waals surface area contributed by atoms with E-state index in [9.17, 15) is 24.0 Å². The molecule has 0 fully saturated rings. The van der Waals surface area contributed by atoms with Crippen molar-refractivity contribution in [3.05, 3.63) is 59.7 Å².